The molecule has 26 heavy (non-hydrogen) atoms. The summed E-state index contributed by atoms with van der Waals surface area (Å²) in [5, 5.41) is 0. The molecular formula is C20H19N5O. The quantitative estimate of drug-likeness (QED) is 0.730. The van der Waals surface area contributed by atoms with Crippen molar-refractivity contribution in [1.82, 2.24) is 24.8 Å². The van der Waals surface area contributed by atoms with Gasteiger partial charge in [0.2, 0.25) is 0 Å². The molecule has 0 aromatic carbocycles. The van der Waals surface area contributed by atoms with Gasteiger partial charge in [-0.25, -0.2) is 9.97 Å². The van der Waals surface area contributed by atoms with Gasteiger partial charge in [0.05, 0.1) is 5.69 Å². The number of rotatable bonds is 3. The predicted octanol–water partition coefficient (Wildman–Crippen LogP) is 2.95. The first kappa shape index (κ1) is 16.3. The van der Waals surface area contributed by atoms with Gasteiger partial charge in [-0.1, -0.05) is 6.07 Å². The number of piperidine rings is 1. The highest BCUT2D eigenvalue weighted by Crippen LogP contribution is 2.32. The molecule has 1 atom stereocenters. The van der Waals surface area contributed by atoms with Crippen LogP contribution < -0.4 is 0 Å². The second kappa shape index (κ2) is 7.39. The number of likely N-dealkylation sites (tertiary alicyclic amines) is 1. The predicted molar refractivity (Wildman–Crippen MR) is 97.4 cm³/mol. The molecule has 1 unspecified atom stereocenters. The summed E-state index contributed by atoms with van der Waals surface area (Å²) in [6.45, 7) is 1.39. The molecule has 3 aromatic rings. The summed E-state index contributed by atoms with van der Waals surface area (Å²) in [6.07, 6.45) is 10.6. The van der Waals surface area contributed by atoms with Gasteiger partial charge in [-0.05, 0) is 42.7 Å². The van der Waals surface area contributed by atoms with E-state index < -0.39 is 0 Å². The molecule has 6 heteroatoms. The van der Waals surface area contributed by atoms with Crippen molar-refractivity contribution in [2.24, 2.45) is 0 Å². The summed E-state index contributed by atoms with van der Waals surface area (Å²) in [5.41, 5.74) is 3.53. The number of aromatic nitrogens is 4. The number of hydrogen-bond donors (Lipinski definition) is 0. The van der Waals surface area contributed by atoms with Gasteiger partial charge in [0.1, 0.15) is 12.0 Å². The van der Waals surface area contributed by atoms with Crippen molar-refractivity contribution in [1.29, 1.82) is 0 Å². The number of pyridine rings is 2. The molecular weight excluding hydrogens is 326 g/mol. The van der Waals surface area contributed by atoms with Gasteiger partial charge in [0.15, 0.2) is 0 Å². The second-order valence-electron chi connectivity index (χ2n) is 6.36. The first-order valence-electron chi connectivity index (χ1n) is 8.73. The molecule has 4 heterocycles. The van der Waals surface area contributed by atoms with E-state index in [1.165, 1.54) is 0 Å². The molecule has 0 radical (unpaired) electrons. The first-order chi connectivity index (χ1) is 12.8. The van der Waals surface area contributed by atoms with Crippen LogP contribution in [0.3, 0.4) is 0 Å². The SMILES string of the molecule is O=C(c1ccccn1)N1CCCC(c2ncncc2-c2ccncc2)C1. The lowest BCUT2D eigenvalue weighted by Gasteiger charge is -2.33. The van der Waals surface area contributed by atoms with Crippen molar-refractivity contribution in [3.05, 3.63) is 72.8 Å². The average Bonchev–Trinajstić information content (AvgIpc) is 2.74. The Labute approximate surface area is 152 Å². The maximum absolute atomic E-state index is 12.8. The molecule has 1 aliphatic rings. The minimum absolute atomic E-state index is 0.0187. The van der Waals surface area contributed by atoms with Crippen molar-refractivity contribution in [2.45, 2.75) is 18.8 Å². The normalized spacial score (nSPS) is 17.1. The molecule has 1 aliphatic heterocycles. The number of nitrogens with zero attached hydrogens (tertiary/aromatic N) is 5. The maximum atomic E-state index is 12.8. The molecule has 1 saturated heterocycles. The van der Waals surface area contributed by atoms with E-state index in [4.69, 9.17) is 0 Å². The summed E-state index contributed by atoms with van der Waals surface area (Å²) in [4.78, 5) is 31.7. The van der Waals surface area contributed by atoms with Crippen molar-refractivity contribution in [2.75, 3.05) is 13.1 Å². The summed E-state index contributed by atoms with van der Waals surface area (Å²) in [5.74, 6) is 0.164. The van der Waals surface area contributed by atoms with Crippen LogP contribution >= 0.6 is 0 Å². The largest absolute Gasteiger partial charge is 0.337 e. The number of carbonyl (C=O) groups is 1. The van der Waals surface area contributed by atoms with Gasteiger partial charge < -0.3 is 4.90 Å². The van der Waals surface area contributed by atoms with Gasteiger partial charge in [-0.15, -0.1) is 0 Å². The smallest absolute Gasteiger partial charge is 0.272 e. The molecule has 6 nitrogen and oxygen atoms in total. The Bertz CT molecular complexity index is 885. The van der Waals surface area contributed by atoms with Gasteiger partial charge >= 0.3 is 0 Å². The Hall–Kier alpha value is -3.15. The fraction of sp³-hybridized carbons (Fsp3) is 0.250. The van der Waals surface area contributed by atoms with E-state index in [9.17, 15) is 4.79 Å². The third-order valence-corrected chi connectivity index (χ3v) is 4.71. The zero-order valence-electron chi connectivity index (χ0n) is 14.3. The Morgan fingerprint density at radius 3 is 2.73 bits per heavy atom. The van der Waals surface area contributed by atoms with Gasteiger partial charge in [0.25, 0.3) is 5.91 Å². The van der Waals surface area contributed by atoms with Gasteiger partial charge in [0, 0.05) is 49.4 Å². The number of carbonyl (C=O) groups excluding carboxylic acids is 1. The molecule has 1 fully saturated rings. The minimum atomic E-state index is -0.0187. The van der Waals surface area contributed by atoms with Crippen LogP contribution in [0.2, 0.25) is 0 Å². The van der Waals surface area contributed by atoms with E-state index >= 15 is 0 Å². The van der Waals surface area contributed by atoms with Crippen LogP contribution in [-0.2, 0) is 0 Å². The molecule has 0 bridgehead atoms. The van der Waals surface area contributed by atoms with Crippen LogP contribution in [-0.4, -0.2) is 43.8 Å². The lowest BCUT2D eigenvalue weighted by molar-refractivity contribution is 0.0700. The highest BCUT2D eigenvalue weighted by molar-refractivity contribution is 5.92. The number of amides is 1. The third kappa shape index (κ3) is 3.31. The fourth-order valence-electron chi connectivity index (χ4n) is 3.45. The van der Waals surface area contributed by atoms with Crippen LogP contribution in [0.15, 0.2) is 61.4 Å². The zero-order valence-corrected chi connectivity index (χ0v) is 14.3. The van der Waals surface area contributed by atoms with Gasteiger partial charge in [-0.2, -0.15) is 0 Å². The van der Waals surface area contributed by atoms with Crippen LogP contribution in [0.4, 0.5) is 0 Å². The highest BCUT2D eigenvalue weighted by atomic mass is 16.2. The molecule has 0 aliphatic carbocycles. The van der Waals surface area contributed by atoms with E-state index in [1.807, 2.05) is 35.4 Å². The molecule has 3 aromatic heterocycles. The van der Waals surface area contributed by atoms with E-state index in [0.29, 0.717) is 12.2 Å². The van der Waals surface area contributed by atoms with Crippen molar-refractivity contribution in [3.63, 3.8) is 0 Å². The molecule has 0 N–H and O–H groups in total. The zero-order chi connectivity index (χ0) is 17.8. The van der Waals surface area contributed by atoms with Crippen LogP contribution in [0.25, 0.3) is 11.1 Å². The summed E-state index contributed by atoms with van der Waals surface area (Å²) in [7, 11) is 0. The van der Waals surface area contributed by atoms with E-state index in [2.05, 4.69) is 19.9 Å². The highest BCUT2D eigenvalue weighted by Gasteiger charge is 2.28. The van der Waals surface area contributed by atoms with E-state index in [0.717, 1.165) is 36.2 Å². The average molecular weight is 345 g/mol. The van der Waals surface area contributed by atoms with Crippen molar-refractivity contribution < 1.29 is 4.79 Å². The summed E-state index contributed by atoms with van der Waals surface area (Å²) in [6, 6.07) is 9.34. The van der Waals surface area contributed by atoms with Gasteiger partial charge in [-0.3, -0.25) is 14.8 Å². The Morgan fingerprint density at radius 1 is 1.04 bits per heavy atom. The molecule has 0 saturated carbocycles. The standard InChI is InChI=1S/C20H19N5O/c26-20(18-5-1-2-8-23-18)25-11-3-4-16(13-25)19-17(12-22-14-24-19)15-6-9-21-10-7-15/h1-2,5-10,12,14,16H,3-4,11,13H2. The van der Waals surface area contributed by atoms with E-state index in [-0.39, 0.29) is 11.8 Å². The Morgan fingerprint density at radius 2 is 1.92 bits per heavy atom. The monoisotopic (exact) mass is 345 g/mol. The topological polar surface area (TPSA) is 71.9 Å². The van der Waals surface area contributed by atoms with E-state index in [1.54, 1.807) is 31.0 Å². The van der Waals surface area contributed by atoms with Crippen LogP contribution in [0, 0.1) is 0 Å². The first-order valence-corrected chi connectivity index (χ1v) is 8.73. The fourth-order valence-corrected chi connectivity index (χ4v) is 3.45. The minimum Gasteiger partial charge on any atom is -0.337 e. The lowest BCUT2D eigenvalue weighted by atomic mass is 9.90. The Kier molecular flexibility index (Phi) is 4.64. The summed E-state index contributed by atoms with van der Waals surface area (Å²) >= 11 is 0. The maximum Gasteiger partial charge on any atom is 0.272 e. The lowest BCUT2D eigenvalue weighted by Crippen LogP contribution is -2.39. The Balaban J connectivity index is 1.60. The number of hydrogen-bond acceptors (Lipinski definition) is 5. The molecule has 4 rings (SSSR count). The van der Waals surface area contributed by atoms with Crippen LogP contribution in [0.5, 0.6) is 0 Å². The summed E-state index contributed by atoms with van der Waals surface area (Å²) < 4.78 is 0. The molecule has 1 amide bonds. The second-order valence-corrected chi connectivity index (χ2v) is 6.36. The van der Waals surface area contributed by atoms with Crippen molar-refractivity contribution in [3.8, 4) is 11.1 Å². The molecule has 130 valence electrons. The van der Waals surface area contributed by atoms with Crippen LogP contribution in [0.1, 0.15) is 34.9 Å². The van der Waals surface area contributed by atoms with Crippen molar-refractivity contribution >= 4 is 5.91 Å². The molecule has 0 spiro atoms. The third-order valence-electron chi connectivity index (χ3n) is 4.71.